The number of thioether (sulfide) groups is 1. The molecule has 1 atom stereocenters. The highest BCUT2D eigenvalue weighted by molar-refractivity contribution is 7.99. The molecule has 0 amide bonds. The molecule has 3 nitrogen and oxygen atoms in total. The maximum Gasteiger partial charge on any atom is 0.194 e. The van der Waals surface area contributed by atoms with Gasteiger partial charge >= 0.3 is 0 Å². The minimum absolute atomic E-state index is 0.770. The van der Waals surface area contributed by atoms with Crippen molar-refractivity contribution in [2.45, 2.75) is 19.4 Å². The van der Waals surface area contributed by atoms with Crippen LogP contribution >= 0.6 is 11.8 Å². The Balaban J connectivity index is 1.88. The molecule has 1 aliphatic heterocycles. The third-order valence-electron chi connectivity index (χ3n) is 2.44. The zero-order chi connectivity index (χ0) is 9.80. The molecule has 1 aromatic rings. The van der Waals surface area contributed by atoms with Gasteiger partial charge in [0.15, 0.2) is 5.89 Å². The molecule has 0 radical (unpaired) electrons. The van der Waals surface area contributed by atoms with Gasteiger partial charge in [-0.05, 0) is 30.9 Å². The third kappa shape index (κ3) is 2.51. The van der Waals surface area contributed by atoms with Gasteiger partial charge in [0.25, 0.3) is 0 Å². The lowest BCUT2D eigenvalue weighted by atomic mass is 10.1. The highest BCUT2D eigenvalue weighted by atomic mass is 32.2. The number of nitrogens with one attached hydrogen (secondary N) is 1. The summed E-state index contributed by atoms with van der Waals surface area (Å²) in [5, 5.41) is 3.05. The maximum absolute atomic E-state index is 5.60. The van der Waals surface area contributed by atoms with E-state index in [2.05, 4.69) is 10.3 Å². The van der Waals surface area contributed by atoms with Gasteiger partial charge in [-0.3, -0.25) is 0 Å². The molecule has 2 heterocycles. The molecular weight excluding hydrogens is 196 g/mol. The fourth-order valence-electron chi connectivity index (χ4n) is 1.69. The van der Waals surface area contributed by atoms with Crippen molar-refractivity contribution in [3.63, 3.8) is 0 Å². The third-order valence-corrected chi connectivity index (χ3v) is 3.67. The van der Waals surface area contributed by atoms with Gasteiger partial charge in [-0.15, -0.1) is 0 Å². The van der Waals surface area contributed by atoms with E-state index in [-0.39, 0.29) is 0 Å². The van der Waals surface area contributed by atoms with Crippen molar-refractivity contribution < 1.29 is 4.42 Å². The van der Waals surface area contributed by atoms with Gasteiger partial charge in [0.05, 0.1) is 12.7 Å². The average molecular weight is 212 g/mol. The zero-order valence-electron chi connectivity index (χ0n) is 8.45. The van der Waals surface area contributed by atoms with E-state index in [9.17, 15) is 0 Å². The molecular formula is C10H16N2OS. The number of hydrogen-bond donors (Lipinski definition) is 1. The molecule has 78 valence electrons. The van der Waals surface area contributed by atoms with Crippen LogP contribution in [0, 0.1) is 5.92 Å². The van der Waals surface area contributed by atoms with Crippen LogP contribution in [-0.4, -0.2) is 23.5 Å². The van der Waals surface area contributed by atoms with Gasteiger partial charge in [-0.1, -0.05) is 0 Å². The van der Waals surface area contributed by atoms with Crippen LogP contribution in [0.4, 0.5) is 0 Å². The Morgan fingerprint density at radius 1 is 1.71 bits per heavy atom. The second-order valence-electron chi connectivity index (χ2n) is 3.68. The van der Waals surface area contributed by atoms with Crippen LogP contribution in [0.25, 0.3) is 0 Å². The average Bonchev–Trinajstić information content (AvgIpc) is 2.79. The van der Waals surface area contributed by atoms with Crippen LogP contribution in [0.1, 0.15) is 18.1 Å². The highest BCUT2D eigenvalue weighted by Gasteiger charge is 2.18. The second kappa shape index (κ2) is 4.84. The second-order valence-corrected chi connectivity index (χ2v) is 4.83. The molecule has 1 aromatic heterocycles. The fraction of sp³-hybridized carbons (Fsp3) is 0.700. The minimum Gasteiger partial charge on any atom is -0.444 e. The van der Waals surface area contributed by atoms with Crippen molar-refractivity contribution in [2.24, 2.45) is 5.92 Å². The summed E-state index contributed by atoms with van der Waals surface area (Å²) < 4.78 is 5.60. The molecule has 1 aliphatic rings. The van der Waals surface area contributed by atoms with Crippen molar-refractivity contribution in [3.05, 3.63) is 17.8 Å². The van der Waals surface area contributed by atoms with E-state index in [1.807, 2.05) is 25.0 Å². The summed E-state index contributed by atoms with van der Waals surface area (Å²) in [4.78, 5) is 4.28. The van der Waals surface area contributed by atoms with Crippen molar-refractivity contribution in [2.75, 3.05) is 18.6 Å². The first kappa shape index (κ1) is 10.1. The molecule has 1 unspecified atom stereocenters. The molecule has 0 spiro atoms. The molecule has 14 heavy (non-hydrogen) atoms. The first-order valence-electron chi connectivity index (χ1n) is 5.04. The van der Waals surface area contributed by atoms with Crippen molar-refractivity contribution >= 4 is 11.8 Å². The summed E-state index contributed by atoms with van der Waals surface area (Å²) in [6.45, 7) is 0.770. The monoisotopic (exact) mass is 212 g/mol. The molecule has 2 rings (SSSR count). The number of hydrogen-bond acceptors (Lipinski definition) is 4. The number of oxazole rings is 1. The van der Waals surface area contributed by atoms with Crippen molar-refractivity contribution in [1.29, 1.82) is 0 Å². The van der Waals surface area contributed by atoms with Crippen molar-refractivity contribution in [3.8, 4) is 0 Å². The smallest absolute Gasteiger partial charge is 0.194 e. The lowest BCUT2D eigenvalue weighted by Gasteiger charge is -2.02. The first-order chi connectivity index (χ1) is 6.88. The van der Waals surface area contributed by atoms with E-state index in [1.54, 1.807) is 0 Å². The van der Waals surface area contributed by atoms with E-state index >= 15 is 0 Å². The van der Waals surface area contributed by atoms with Crippen LogP contribution in [-0.2, 0) is 13.0 Å². The summed E-state index contributed by atoms with van der Waals surface area (Å²) >= 11 is 2.04. The van der Waals surface area contributed by atoms with E-state index < -0.39 is 0 Å². The molecule has 1 fully saturated rings. The molecule has 0 bridgehead atoms. The molecule has 4 heteroatoms. The van der Waals surface area contributed by atoms with Crippen LogP contribution < -0.4 is 5.32 Å². The molecule has 0 saturated carbocycles. The molecule has 0 aromatic carbocycles. The summed E-state index contributed by atoms with van der Waals surface area (Å²) in [7, 11) is 1.91. The summed E-state index contributed by atoms with van der Waals surface area (Å²) in [6.07, 6.45) is 4.15. The van der Waals surface area contributed by atoms with Gasteiger partial charge < -0.3 is 9.73 Å². The van der Waals surface area contributed by atoms with E-state index in [1.165, 1.54) is 17.9 Å². The summed E-state index contributed by atoms with van der Waals surface area (Å²) in [5.41, 5.74) is 0. The molecule has 1 saturated heterocycles. The van der Waals surface area contributed by atoms with E-state index in [4.69, 9.17) is 4.42 Å². The Bertz CT molecular complexity index is 281. The van der Waals surface area contributed by atoms with Crippen molar-refractivity contribution in [1.82, 2.24) is 10.3 Å². The van der Waals surface area contributed by atoms with Gasteiger partial charge in [0.1, 0.15) is 5.76 Å². The van der Waals surface area contributed by atoms with Crippen LogP contribution in [0.5, 0.6) is 0 Å². The Morgan fingerprint density at radius 3 is 3.36 bits per heavy atom. The number of aromatic nitrogens is 1. The highest BCUT2D eigenvalue weighted by Crippen LogP contribution is 2.26. The fourth-order valence-corrected chi connectivity index (χ4v) is 2.97. The minimum atomic E-state index is 0.770. The molecule has 1 N–H and O–H groups in total. The molecule has 0 aliphatic carbocycles. The predicted molar refractivity (Wildman–Crippen MR) is 58.4 cm³/mol. The number of rotatable bonds is 4. The lowest BCUT2D eigenvalue weighted by molar-refractivity contribution is 0.415. The van der Waals surface area contributed by atoms with Crippen LogP contribution in [0.15, 0.2) is 10.6 Å². The zero-order valence-corrected chi connectivity index (χ0v) is 9.27. The maximum atomic E-state index is 5.60. The Hall–Kier alpha value is -0.480. The van der Waals surface area contributed by atoms with Gasteiger partial charge in [-0.2, -0.15) is 11.8 Å². The first-order valence-corrected chi connectivity index (χ1v) is 6.20. The normalized spacial score (nSPS) is 21.6. The van der Waals surface area contributed by atoms with Gasteiger partial charge in [-0.25, -0.2) is 4.98 Å². The standard InChI is InChI=1S/C10H16N2OS/c1-11-5-9-6-12-10(13-9)4-8-2-3-14-7-8/h6,8,11H,2-5,7H2,1H3. The Kier molecular flexibility index (Phi) is 3.48. The number of nitrogens with zero attached hydrogens (tertiary/aromatic N) is 1. The quantitative estimate of drug-likeness (QED) is 0.824. The summed E-state index contributed by atoms with van der Waals surface area (Å²) in [5.74, 6) is 5.19. The van der Waals surface area contributed by atoms with E-state index in [0.29, 0.717) is 0 Å². The SMILES string of the molecule is CNCc1cnc(CC2CCSC2)o1. The Labute approximate surface area is 88.7 Å². The predicted octanol–water partition coefficient (Wildman–Crippen LogP) is 1.69. The van der Waals surface area contributed by atoms with Gasteiger partial charge in [0.2, 0.25) is 0 Å². The van der Waals surface area contributed by atoms with Crippen LogP contribution in [0.2, 0.25) is 0 Å². The van der Waals surface area contributed by atoms with Crippen LogP contribution in [0.3, 0.4) is 0 Å². The lowest BCUT2D eigenvalue weighted by Crippen LogP contribution is -2.04. The van der Waals surface area contributed by atoms with E-state index in [0.717, 1.165) is 30.5 Å². The van der Waals surface area contributed by atoms with Gasteiger partial charge in [0, 0.05) is 6.42 Å². The Morgan fingerprint density at radius 2 is 2.64 bits per heavy atom. The largest absolute Gasteiger partial charge is 0.444 e. The topological polar surface area (TPSA) is 38.1 Å². The summed E-state index contributed by atoms with van der Waals surface area (Å²) in [6, 6.07) is 0.